The van der Waals surface area contributed by atoms with Gasteiger partial charge < -0.3 is 14.2 Å². The summed E-state index contributed by atoms with van der Waals surface area (Å²) in [5, 5.41) is 11.7. The Bertz CT molecular complexity index is 1090. The molecule has 0 spiro atoms. The first-order valence-corrected chi connectivity index (χ1v) is 9.33. The number of non-ortho nitro benzene ring substituents is 1. The number of piperazine rings is 1. The van der Waals surface area contributed by atoms with Crippen molar-refractivity contribution in [2.75, 3.05) is 26.2 Å². The molecule has 2 heterocycles. The Hall–Kier alpha value is -3.39. The summed E-state index contributed by atoms with van der Waals surface area (Å²) in [5.41, 5.74) is 0.680. The van der Waals surface area contributed by atoms with Crippen LogP contribution in [0.15, 0.2) is 52.9 Å². The van der Waals surface area contributed by atoms with Gasteiger partial charge in [0.2, 0.25) is 0 Å². The highest BCUT2D eigenvalue weighted by molar-refractivity contribution is 6.34. The zero-order valence-corrected chi connectivity index (χ0v) is 16.0. The second-order valence-electron chi connectivity index (χ2n) is 6.65. The summed E-state index contributed by atoms with van der Waals surface area (Å²) in [6.45, 7) is 1.37. The largest absolute Gasteiger partial charge is 0.451 e. The molecule has 1 aliphatic rings. The quantitative estimate of drug-likeness (QED) is 0.482. The van der Waals surface area contributed by atoms with Crippen LogP contribution in [-0.4, -0.2) is 52.7 Å². The zero-order valence-electron chi connectivity index (χ0n) is 15.2. The third kappa shape index (κ3) is 3.66. The molecule has 29 heavy (non-hydrogen) atoms. The van der Waals surface area contributed by atoms with Crippen molar-refractivity contribution in [3.63, 3.8) is 0 Å². The summed E-state index contributed by atoms with van der Waals surface area (Å²) in [7, 11) is 0. The van der Waals surface area contributed by atoms with Gasteiger partial charge in [-0.1, -0.05) is 29.8 Å². The molecule has 0 bridgehead atoms. The monoisotopic (exact) mass is 413 g/mol. The number of para-hydroxylation sites is 1. The third-order valence-corrected chi connectivity index (χ3v) is 5.20. The number of amides is 2. The molecule has 8 nitrogen and oxygen atoms in total. The molecule has 0 N–H and O–H groups in total. The second-order valence-corrected chi connectivity index (χ2v) is 7.06. The molecule has 0 saturated carbocycles. The highest BCUT2D eigenvalue weighted by Gasteiger charge is 2.28. The number of nitrogens with zero attached hydrogens (tertiary/aromatic N) is 3. The first-order chi connectivity index (χ1) is 13.9. The van der Waals surface area contributed by atoms with Crippen LogP contribution in [0.25, 0.3) is 11.0 Å². The summed E-state index contributed by atoms with van der Waals surface area (Å²) in [5.74, 6) is -0.271. The molecule has 1 aliphatic heterocycles. The van der Waals surface area contributed by atoms with E-state index in [-0.39, 0.29) is 33.8 Å². The predicted octanol–water partition coefficient (Wildman–Crippen LogP) is 3.59. The average Bonchev–Trinajstić information content (AvgIpc) is 3.17. The Morgan fingerprint density at radius 1 is 0.966 bits per heavy atom. The number of nitro groups is 1. The Morgan fingerprint density at radius 2 is 1.62 bits per heavy atom. The van der Waals surface area contributed by atoms with E-state index < -0.39 is 4.92 Å². The van der Waals surface area contributed by atoms with Crippen molar-refractivity contribution in [2.45, 2.75) is 0 Å². The lowest BCUT2D eigenvalue weighted by molar-refractivity contribution is -0.384. The lowest BCUT2D eigenvalue weighted by Crippen LogP contribution is -2.50. The maximum absolute atomic E-state index is 12.7. The van der Waals surface area contributed by atoms with Crippen LogP contribution in [-0.2, 0) is 0 Å². The number of carbonyl (C=O) groups is 2. The van der Waals surface area contributed by atoms with E-state index in [2.05, 4.69) is 0 Å². The van der Waals surface area contributed by atoms with Crippen LogP contribution in [0.3, 0.4) is 0 Å². The van der Waals surface area contributed by atoms with Crippen molar-refractivity contribution in [3.8, 4) is 0 Å². The fraction of sp³-hybridized carbons (Fsp3) is 0.200. The van der Waals surface area contributed by atoms with Crippen LogP contribution in [0.1, 0.15) is 20.9 Å². The minimum atomic E-state index is -0.567. The fourth-order valence-electron chi connectivity index (χ4n) is 3.32. The van der Waals surface area contributed by atoms with E-state index in [1.165, 1.54) is 12.1 Å². The summed E-state index contributed by atoms with van der Waals surface area (Å²) >= 11 is 6.06. The number of hydrogen-bond donors (Lipinski definition) is 0. The number of carbonyl (C=O) groups excluding carboxylic acids is 2. The van der Waals surface area contributed by atoms with Crippen LogP contribution in [0.4, 0.5) is 5.69 Å². The molecule has 2 aromatic carbocycles. The number of benzene rings is 2. The van der Waals surface area contributed by atoms with Gasteiger partial charge in [0.15, 0.2) is 5.76 Å². The van der Waals surface area contributed by atoms with Gasteiger partial charge in [0.25, 0.3) is 17.5 Å². The van der Waals surface area contributed by atoms with Crippen LogP contribution < -0.4 is 0 Å². The third-order valence-electron chi connectivity index (χ3n) is 4.88. The van der Waals surface area contributed by atoms with E-state index in [1.54, 1.807) is 21.9 Å². The molecule has 0 radical (unpaired) electrons. The molecule has 1 aromatic heterocycles. The van der Waals surface area contributed by atoms with E-state index in [9.17, 15) is 19.7 Å². The molecule has 1 saturated heterocycles. The molecule has 0 aliphatic carbocycles. The standard InChI is InChI=1S/C20H16ClN3O5/c21-16-12-14(24(27)28)5-6-15(16)19(25)22-7-9-23(10-8-22)20(26)18-11-13-3-1-2-4-17(13)29-18/h1-6,11-12H,7-10H2. The van der Waals surface area contributed by atoms with Gasteiger partial charge in [0.1, 0.15) is 5.58 Å². The van der Waals surface area contributed by atoms with Crippen LogP contribution >= 0.6 is 11.6 Å². The van der Waals surface area contributed by atoms with Crippen molar-refractivity contribution in [2.24, 2.45) is 0 Å². The lowest BCUT2D eigenvalue weighted by atomic mass is 10.1. The normalized spacial score (nSPS) is 14.2. The number of furan rings is 1. The number of halogens is 1. The SMILES string of the molecule is O=C(c1cc2ccccc2o1)N1CCN(C(=O)c2ccc([N+](=O)[O-])cc2Cl)CC1. The maximum Gasteiger partial charge on any atom is 0.289 e. The first-order valence-electron chi connectivity index (χ1n) is 8.95. The number of hydrogen-bond acceptors (Lipinski definition) is 5. The minimum absolute atomic E-state index is 0.0324. The lowest BCUT2D eigenvalue weighted by Gasteiger charge is -2.34. The minimum Gasteiger partial charge on any atom is -0.451 e. The van der Waals surface area contributed by atoms with Gasteiger partial charge in [-0.25, -0.2) is 0 Å². The van der Waals surface area contributed by atoms with Gasteiger partial charge in [-0.2, -0.15) is 0 Å². The first kappa shape index (κ1) is 18.9. The summed E-state index contributed by atoms with van der Waals surface area (Å²) in [6, 6.07) is 12.9. The van der Waals surface area contributed by atoms with E-state index in [4.69, 9.17) is 16.0 Å². The Balaban J connectivity index is 1.43. The average molecular weight is 414 g/mol. The molecule has 4 rings (SSSR count). The Kier molecular flexibility index (Phi) is 4.94. The van der Waals surface area contributed by atoms with Crippen molar-refractivity contribution in [1.29, 1.82) is 0 Å². The van der Waals surface area contributed by atoms with Crippen LogP contribution in [0.5, 0.6) is 0 Å². The predicted molar refractivity (Wildman–Crippen MR) is 106 cm³/mol. The van der Waals surface area contributed by atoms with Crippen molar-refractivity contribution < 1.29 is 18.9 Å². The topological polar surface area (TPSA) is 96.9 Å². The molecular weight excluding hydrogens is 398 g/mol. The molecule has 0 unspecified atom stereocenters. The Labute approximate surface area is 170 Å². The van der Waals surface area contributed by atoms with Crippen LogP contribution in [0.2, 0.25) is 5.02 Å². The summed E-state index contributed by atoms with van der Waals surface area (Å²) < 4.78 is 5.63. The summed E-state index contributed by atoms with van der Waals surface area (Å²) in [4.78, 5) is 38.9. The smallest absolute Gasteiger partial charge is 0.289 e. The van der Waals surface area contributed by atoms with Crippen molar-refractivity contribution in [3.05, 3.63) is 75.0 Å². The zero-order chi connectivity index (χ0) is 20.5. The second kappa shape index (κ2) is 7.56. The molecule has 9 heteroatoms. The molecule has 0 atom stereocenters. The van der Waals surface area contributed by atoms with E-state index >= 15 is 0 Å². The van der Waals surface area contributed by atoms with Crippen LogP contribution in [0, 0.1) is 10.1 Å². The van der Waals surface area contributed by atoms with Gasteiger partial charge in [0, 0.05) is 43.7 Å². The Morgan fingerprint density at radius 3 is 2.24 bits per heavy atom. The highest BCUT2D eigenvalue weighted by atomic mass is 35.5. The van der Waals surface area contributed by atoms with E-state index in [0.717, 1.165) is 11.5 Å². The van der Waals surface area contributed by atoms with Gasteiger partial charge >= 0.3 is 0 Å². The van der Waals surface area contributed by atoms with Gasteiger partial charge in [0.05, 0.1) is 15.5 Å². The molecule has 2 amide bonds. The van der Waals surface area contributed by atoms with E-state index in [0.29, 0.717) is 31.8 Å². The molecule has 1 fully saturated rings. The van der Waals surface area contributed by atoms with Gasteiger partial charge in [-0.15, -0.1) is 0 Å². The van der Waals surface area contributed by atoms with Gasteiger partial charge in [-0.05, 0) is 18.2 Å². The van der Waals surface area contributed by atoms with Crippen molar-refractivity contribution in [1.82, 2.24) is 9.80 Å². The fourth-order valence-corrected chi connectivity index (χ4v) is 3.57. The number of fused-ring (bicyclic) bond motifs is 1. The van der Waals surface area contributed by atoms with Crippen molar-refractivity contribution >= 4 is 40.1 Å². The molecule has 3 aromatic rings. The molecular formula is C20H16ClN3O5. The summed E-state index contributed by atoms with van der Waals surface area (Å²) in [6.07, 6.45) is 0. The molecule has 148 valence electrons. The highest BCUT2D eigenvalue weighted by Crippen LogP contribution is 2.25. The number of rotatable bonds is 3. The number of nitro benzene ring substituents is 1. The van der Waals surface area contributed by atoms with Gasteiger partial charge in [-0.3, -0.25) is 19.7 Å². The maximum atomic E-state index is 12.7. The van der Waals surface area contributed by atoms with E-state index in [1.807, 2.05) is 18.2 Å².